The Morgan fingerprint density at radius 1 is 1.54 bits per heavy atom. The number of halogens is 1. The standard InChI is InChI=1S/C9H11FN2O/c1-13-9-5-7(2-3-12-11)4-8(10)6-9/h3-6H,2,11H2,1H3. The van der Waals surface area contributed by atoms with Crippen molar-refractivity contribution in [3.05, 3.63) is 29.6 Å². The van der Waals surface area contributed by atoms with E-state index in [1.165, 1.54) is 25.5 Å². The molecule has 0 unspecified atom stereocenters. The molecule has 0 radical (unpaired) electrons. The van der Waals surface area contributed by atoms with Gasteiger partial charge in [-0.1, -0.05) is 0 Å². The Hall–Kier alpha value is -1.58. The number of benzene rings is 1. The van der Waals surface area contributed by atoms with Gasteiger partial charge in [-0.2, -0.15) is 5.10 Å². The summed E-state index contributed by atoms with van der Waals surface area (Å²) in [7, 11) is 1.50. The third kappa shape index (κ3) is 2.74. The largest absolute Gasteiger partial charge is 0.497 e. The first-order valence-electron chi connectivity index (χ1n) is 3.81. The van der Waals surface area contributed by atoms with Crippen LogP contribution in [0.1, 0.15) is 5.56 Å². The third-order valence-corrected chi connectivity index (χ3v) is 1.60. The number of ether oxygens (including phenoxy) is 1. The molecule has 0 saturated heterocycles. The van der Waals surface area contributed by atoms with E-state index in [1.807, 2.05) is 0 Å². The van der Waals surface area contributed by atoms with E-state index in [2.05, 4.69) is 5.10 Å². The smallest absolute Gasteiger partial charge is 0.127 e. The number of rotatable bonds is 3. The second-order valence-electron chi connectivity index (χ2n) is 2.54. The summed E-state index contributed by atoms with van der Waals surface area (Å²) in [4.78, 5) is 0. The SMILES string of the molecule is COc1cc(F)cc(CC=NN)c1. The van der Waals surface area contributed by atoms with E-state index >= 15 is 0 Å². The van der Waals surface area contributed by atoms with Crippen molar-refractivity contribution in [2.24, 2.45) is 10.9 Å². The summed E-state index contributed by atoms with van der Waals surface area (Å²) in [5.41, 5.74) is 0.783. The highest BCUT2D eigenvalue weighted by Crippen LogP contribution is 2.15. The molecular weight excluding hydrogens is 171 g/mol. The summed E-state index contributed by atoms with van der Waals surface area (Å²) in [5.74, 6) is 5.11. The summed E-state index contributed by atoms with van der Waals surface area (Å²) < 4.78 is 17.8. The van der Waals surface area contributed by atoms with Crippen molar-refractivity contribution < 1.29 is 9.13 Å². The molecule has 4 heteroatoms. The molecule has 3 nitrogen and oxygen atoms in total. The van der Waals surface area contributed by atoms with E-state index in [0.29, 0.717) is 12.2 Å². The van der Waals surface area contributed by atoms with E-state index < -0.39 is 0 Å². The lowest BCUT2D eigenvalue weighted by Crippen LogP contribution is -1.92. The molecule has 0 aliphatic rings. The summed E-state index contributed by atoms with van der Waals surface area (Å²) in [6.45, 7) is 0. The van der Waals surface area contributed by atoms with Crippen LogP contribution in [0.15, 0.2) is 23.3 Å². The maximum atomic E-state index is 12.9. The molecule has 1 aromatic rings. The van der Waals surface area contributed by atoms with Crippen molar-refractivity contribution in [1.82, 2.24) is 0 Å². The van der Waals surface area contributed by atoms with Gasteiger partial charge in [-0.25, -0.2) is 4.39 Å². The minimum atomic E-state index is -0.320. The molecule has 0 fully saturated rings. The van der Waals surface area contributed by atoms with Crippen molar-refractivity contribution in [2.75, 3.05) is 7.11 Å². The fraction of sp³-hybridized carbons (Fsp3) is 0.222. The van der Waals surface area contributed by atoms with E-state index in [4.69, 9.17) is 10.6 Å². The van der Waals surface area contributed by atoms with Crippen LogP contribution in [0, 0.1) is 5.82 Å². The molecule has 0 bridgehead atoms. The van der Waals surface area contributed by atoms with E-state index in [1.54, 1.807) is 6.07 Å². The van der Waals surface area contributed by atoms with E-state index in [0.717, 1.165) is 5.56 Å². The van der Waals surface area contributed by atoms with Gasteiger partial charge in [-0.3, -0.25) is 0 Å². The topological polar surface area (TPSA) is 47.6 Å². The van der Waals surface area contributed by atoms with Crippen molar-refractivity contribution >= 4 is 6.21 Å². The Kier molecular flexibility index (Phi) is 3.25. The van der Waals surface area contributed by atoms with Gasteiger partial charge in [-0.05, 0) is 17.7 Å². The number of hydrogen-bond donors (Lipinski definition) is 1. The molecule has 0 heterocycles. The van der Waals surface area contributed by atoms with Gasteiger partial charge < -0.3 is 10.6 Å². The number of nitrogens with two attached hydrogens (primary N) is 1. The summed E-state index contributed by atoms with van der Waals surface area (Å²) >= 11 is 0. The van der Waals surface area contributed by atoms with Gasteiger partial charge in [0.2, 0.25) is 0 Å². The summed E-state index contributed by atoms with van der Waals surface area (Å²) in [5, 5.41) is 3.33. The maximum absolute atomic E-state index is 12.9. The van der Waals surface area contributed by atoms with Crippen LogP contribution in [0.5, 0.6) is 5.75 Å². The fourth-order valence-electron chi connectivity index (χ4n) is 1.01. The third-order valence-electron chi connectivity index (χ3n) is 1.60. The molecule has 1 rings (SSSR count). The van der Waals surface area contributed by atoms with Gasteiger partial charge in [0.05, 0.1) is 7.11 Å². The number of methoxy groups -OCH3 is 1. The Morgan fingerprint density at radius 2 is 2.31 bits per heavy atom. The molecule has 13 heavy (non-hydrogen) atoms. The van der Waals surface area contributed by atoms with Crippen LogP contribution in [-0.4, -0.2) is 13.3 Å². The van der Waals surface area contributed by atoms with E-state index in [9.17, 15) is 4.39 Å². The Balaban J connectivity index is 2.87. The minimum Gasteiger partial charge on any atom is -0.497 e. The van der Waals surface area contributed by atoms with Crippen LogP contribution in [0.4, 0.5) is 4.39 Å². The average molecular weight is 182 g/mol. The van der Waals surface area contributed by atoms with E-state index in [-0.39, 0.29) is 5.82 Å². The Morgan fingerprint density at radius 3 is 2.92 bits per heavy atom. The summed E-state index contributed by atoms with van der Waals surface area (Å²) in [6.07, 6.45) is 2.01. The second kappa shape index (κ2) is 4.45. The Bertz CT molecular complexity index is 312. The van der Waals surface area contributed by atoms with Gasteiger partial charge in [0.25, 0.3) is 0 Å². The zero-order chi connectivity index (χ0) is 9.68. The average Bonchev–Trinajstić information content (AvgIpc) is 2.14. The van der Waals surface area contributed by atoms with Crippen LogP contribution in [0.2, 0.25) is 0 Å². The zero-order valence-corrected chi connectivity index (χ0v) is 7.33. The molecule has 0 saturated carbocycles. The van der Waals surface area contributed by atoms with Crippen molar-refractivity contribution in [2.45, 2.75) is 6.42 Å². The number of nitrogens with zero attached hydrogens (tertiary/aromatic N) is 1. The molecule has 0 aromatic heterocycles. The van der Waals surface area contributed by atoms with Crippen molar-refractivity contribution in [3.8, 4) is 5.75 Å². The fourth-order valence-corrected chi connectivity index (χ4v) is 1.01. The van der Waals surface area contributed by atoms with Crippen molar-refractivity contribution in [1.29, 1.82) is 0 Å². The van der Waals surface area contributed by atoms with Crippen LogP contribution in [0.25, 0.3) is 0 Å². The van der Waals surface area contributed by atoms with Crippen molar-refractivity contribution in [3.63, 3.8) is 0 Å². The predicted octanol–water partition coefficient (Wildman–Crippen LogP) is 1.32. The monoisotopic (exact) mass is 182 g/mol. The van der Waals surface area contributed by atoms with Crippen LogP contribution in [0.3, 0.4) is 0 Å². The highest BCUT2D eigenvalue weighted by Gasteiger charge is 1.99. The highest BCUT2D eigenvalue weighted by molar-refractivity contribution is 5.61. The van der Waals surface area contributed by atoms with Gasteiger partial charge >= 0.3 is 0 Å². The van der Waals surface area contributed by atoms with Gasteiger partial charge in [-0.15, -0.1) is 0 Å². The van der Waals surface area contributed by atoms with Crippen LogP contribution < -0.4 is 10.6 Å². The zero-order valence-electron chi connectivity index (χ0n) is 7.33. The number of hydrazone groups is 1. The van der Waals surface area contributed by atoms with Gasteiger partial charge in [0.15, 0.2) is 0 Å². The Labute approximate surface area is 76.0 Å². The lowest BCUT2D eigenvalue weighted by molar-refractivity contribution is 0.411. The van der Waals surface area contributed by atoms with Crippen LogP contribution in [-0.2, 0) is 6.42 Å². The molecule has 0 amide bonds. The van der Waals surface area contributed by atoms with Crippen LogP contribution >= 0.6 is 0 Å². The molecule has 0 spiro atoms. The number of hydrogen-bond acceptors (Lipinski definition) is 3. The summed E-state index contributed by atoms with van der Waals surface area (Å²) in [6, 6.07) is 4.48. The molecule has 0 aliphatic heterocycles. The molecule has 0 aliphatic carbocycles. The quantitative estimate of drug-likeness (QED) is 0.435. The van der Waals surface area contributed by atoms with Gasteiger partial charge in [0.1, 0.15) is 11.6 Å². The lowest BCUT2D eigenvalue weighted by Gasteiger charge is -2.02. The predicted molar refractivity (Wildman–Crippen MR) is 49.3 cm³/mol. The minimum absolute atomic E-state index is 0.320. The molecule has 70 valence electrons. The first-order valence-corrected chi connectivity index (χ1v) is 3.81. The first-order chi connectivity index (χ1) is 6.26. The molecular formula is C9H11FN2O. The second-order valence-corrected chi connectivity index (χ2v) is 2.54. The molecule has 0 atom stereocenters. The van der Waals surface area contributed by atoms with Gasteiger partial charge in [0, 0.05) is 18.7 Å². The highest BCUT2D eigenvalue weighted by atomic mass is 19.1. The normalized spacial score (nSPS) is 10.6. The lowest BCUT2D eigenvalue weighted by atomic mass is 10.1. The molecule has 2 N–H and O–H groups in total. The first kappa shape index (κ1) is 9.51. The maximum Gasteiger partial charge on any atom is 0.127 e. The molecule has 1 aromatic carbocycles.